The monoisotopic (exact) mass is 543 g/mol. The Balaban J connectivity index is 1.76. The Morgan fingerprint density at radius 2 is 1.42 bits per heavy atom. The summed E-state index contributed by atoms with van der Waals surface area (Å²) in [6.07, 6.45) is -0.374. The summed E-state index contributed by atoms with van der Waals surface area (Å²) in [4.78, 5) is 14.7. The van der Waals surface area contributed by atoms with Gasteiger partial charge in [0.1, 0.15) is 6.61 Å². The number of hydrogen-bond acceptors (Lipinski definition) is 9. The Morgan fingerprint density at radius 1 is 0.789 bits per heavy atom. The van der Waals surface area contributed by atoms with Crippen molar-refractivity contribution in [1.82, 2.24) is 0 Å². The average Bonchev–Trinajstić information content (AvgIpc) is 2.92. The third kappa shape index (κ3) is 5.48. The number of ether oxygens (including phenoxy) is 5. The van der Waals surface area contributed by atoms with Crippen molar-refractivity contribution in [2.45, 2.75) is 18.8 Å². The van der Waals surface area contributed by atoms with E-state index in [4.69, 9.17) is 27.9 Å². The van der Waals surface area contributed by atoms with Gasteiger partial charge in [-0.15, -0.1) is 0 Å². The predicted molar refractivity (Wildman–Crippen MR) is 140 cm³/mol. The number of β-lactam (4-membered cyclic amide) rings is 1. The predicted octanol–water partition coefficient (Wildman–Crippen LogP) is 3.73. The van der Waals surface area contributed by atoms with Crippen LogP contribution in [0, 0.1) is 0 Å². The molecule has 0 saturated carbocycles. The highest BCUT2D eigenvalue weighted by molar-refractivity contribution is 7.86. The molecule has 3 aromatic rings. The second kappa shape index (κ2) is 11.2. The largest absolute Gasteiger partial charge is 0.493 e. The highest BCUT2D eigenvalue weighted by Crippen LogP contribution is 2.48. The maximum Gasteiger partial charge on any atom is 0.265 e. The Morgan fingerprint density at radius 3 is 1.97 bits per heavy atom. The molecular formula is C27H29NO9S. The van der Waals surface area contributed by atoms with Gasteiger partial charge in [0.05, 0.1) is 46.4 Å². The molecule has 0 bridgehead atoms. The summed E-state index contributed by atoms with van der Waals surface area (Å²) in [5.41, 5.74) is 1.94. The van der Waals surface area contributed by atoms with E-state index in [2.05, 4.69) is 0 Å². The SMILES string of the molecule is COc1ccc(C2[C@@H](OS(C)(=O)=O)C(=O)N2c2cc(OC)c(OC)c(OC)c2)cc1OCc1ccccc1. The van der Waals surface area contributed by atoms with Gasteiger partial charge in [-0.05, 0) is 23.3 Å². The highest BCUT2D eigenvalue weighted by Gasteiger charge is 2.52. The first kappa shape index (κ1) is 27.1. The molecule has 4 rings (SSSR count). The lowest BCUT2D eigenvalue weighted by Crippen LogP contribution is -2.60. The molecule has 11 heteroatoms. The Kier molecular flexibility index (Phi) is 7.98. The molecule has 10 nitrogen and oxygen atoms in total. The van der Waals surface area contributed by atoms with Crippen LogP contribution in [0.5, 0.6) is 28.7 Å². The molecule has 1 saturated heterocycles. The van der Waals surface area contributed by atoms with E-state index < -0.39 is 28.2 Å². The third-order valence-corrected chi connectivity index (χ3v) is 6.58. The minimum atomic E-state index is -3.94. The molecule has 1 unspecified atom stereocenters. The van der Waals surface area contributed by atoms with Gasteiger partial charge in [-0.1, -0.05) is 36.4 Å². The van der Waals surface area contributed by atoms with Crippen LogP contribution >= 0.6 is 0 Å². The van der Waals surface area contributed by atoms with Crippen LogP contribution in [0.2, 0.25) is 0 Å². The van der Waals surface area contributed by atoms with Crippen molar-refractivity contribution in [3.63, 3.8) is 0 Å². The average molecular weight is 544 g/mol. The first-order chi connectivity index (χ1) is 18.2. The molecule has 38 heavy (non-hydrogen) atoms. The van der Waals surface area contributed by atoms with E-state index in [-0.39, 0.29) is 6.61 Å². The minimum Gasteiger partial charge on any atom is -0.493 e. The first-order valence-electron chi connectivity index (χ1n) is 11.6. The molecule has 2 atom stereocenters. The molecule has 1 heterocycles. The van der Waals surface area contributed by atoms with Gasteiger partial charge in [0.2, 0.25) is 5.75 Å². The highest BCUT2D eigenvalue weighted by atomic mass is 32.2. The molecule has 1 aliphatic rings. The van der Waals surface area contributed by atoms with Gasteiger partial charge in [0.25, 0.3) is 16.0 Å². The second-order valence-electron chi connectivity index (χ2n) is 8.44. The summed E-state index contributed by atoms with van der Waals surface area (Å²) in [5.74, 6) is 1.39. The van der Waals surface area contributed by atoms with Gasteiger partial charge < -0.3 is 23.7 Å². The van der Waals surface area contributed by atoms with E-state index in [1.165, 1.54) is 33.3 Å². The molecule has 1 amide bonds. The summed E-state index contributed by atoms with van der Waals surface area (Å²) in [5, 5.41) is 0. The van der Waals surface area contributed by atoms with Crippen LogP contribution in [0.4, 0.5) is 5.69 Å². The summed E-state index contributed by atoms with van der Waals surface area (Å²) in [7, 11) is 1.98. The number of hydrogen-bond donors (Lipinski definition) is 0. The number of methoxy groups -OCH3 is 4. The van der Waals surface area contributed by atoms with Crippen molar-refractivity contribution in [3.8, 4) is 28.7 Å². The zero-order valence-electron chi connectivity index (χ0n) is 21.7. The first-order valence-corrected chi connectivity index (χ1v) is 13.4. The molecule has 0 aliphatic carbocycles. The lowest BCUT2D eigenvalue weighted by Gasteiger charge is -2.46. The summed E-state index contributed by atoms with van der Waals surface area (Å²) in [6.45, 7) is 0.282. The minimum absolute atomic E-state index is 0.282. The van der Waals surface area contributed by atoms with Gasteiger partial charge in [0.15, 0.2) is 29.1 Å². The van der Waals surface area contributed by atoms with Crippen molar-refractivity contribution in [1.29, 1.82) is 0 Å². The fourth-order valence-electron chi connectivity index (χ4n) is 4.29. The number of carbonyl (C=O) groups excluding carboxylic acids is 1. The van der Waals surface area contributed by atoms with Crippen molar-refractivity contribution >= 4 is 21.7 Å². The van der Waals surface area contributed by atoms with E-state index in [1.54, 1.807) is 30.3 Å². The van der Waals surface area contributed by atoms with Crippen LogP contribution < -0.4 is 28.6 Å². The normalized spacial score (nSPS) is 17.0. The number of nitrogens with zero attached hydrogens (tertiary/aromatic N) is 1. The van der Waals surface area contributed by atoms with Crippen molar-refractivity contribution < 1.29 is 41.1 Å². The number of amides is 1. The Bertz CT molecular complexity index is 1380. The zero-order valence-corrected chi connectivity index (χ0v) is 22.5. The van der Waals surface area contributed by atoms with Gasteiger partial charge >= 0.3 is 0 Å². The van der Waals surface area contributed by atoms with Crippen LogP contribution in [0.3, 0.4) is 0 Å². The summed E-state index contributed by atoms with van der Waals surface area (Å²) >= 11 is 0. The Labute approximate surface area is 221 Å². The van der Waals surface area contributed by atoms with Crippen LogP contribution in [0.15, 0.2) is 60.7 Å². The molecule has 0 aromatic heterocycles. The molecule has 0 radical (unpaired) electrons. The smallest absolute Gasteiger partial charge is 0.265 e. The Hall–Kier alpha value is -3.96. The third-order valence-electron chi connectivity index (χ3n) is 6.02. The van der Waals surface area contributed by atoms with Gasteiger partial charge in [0, 0.05) is 12.1 Å². The van der Waals surface area contributed by atoms with E-state index in [1.807, 2.05) is 30.3 Å². The maximum atomic E-state index is 13.3. The number of anilines is 1. The quantitative estimate of drug-likeness (QED) is 0.264. The topological polar surface area (TPSA) is 110 Å². The summed E-state index contributed by atoms with van der Waals surface area (Å²) in [6, 6.07) is 17.2. The van der Waals surface area contributed by atoms with Crippen LogP contribution in [0.25, 0.3) is 0 Å². The van der Waals surface area contributed by atoms with E-state index in [0.29, 0.717) is 40.0 Å². The van der Waals surface area contributed by atoms with Crippen LogP contribution in [0.1, 0.15) is 17.2 Å². The standard InChI is InChI=1S/C27H29NO9S/c1-32-20-12-11-18(13-21(20)36-16-17-9-7-6-8-10-17)24-26(37-38(5,30)31)27(29)28(24)19-14-22(33-2)25(35-4)23(15-19)34-3/h6-15,24,26H,16H2,1-5H3/t24?,26-/m1/s1. The van der Waals surface area contributed by atoms with Crippen molar-refractivity contribution in [2.75, 3.05) is 39.6 Å². The van der Waals surface area contributed by atoms with Gasteiger partial charge in [-0.25, -0.2) is 0 Å². The molecule has 0 N–H and O–H groups in total. The maximum absolute atomic E-state index is 13.3. The van der Waals surface area contributed by atoms with Gasteiger partial charge in [-0.3, -0.25) is 13.9 Å². The van der Waals surface area contributed by atoms with Gasteiger partial charge in [-0.2, -0.15) is 8.42 Å². The van der Waals surface area contributed by atoms with Crippen LogP contribution in [-0.4, -0.2) is 55.1 Å². The molecule has 1 fully saturated rings. The fraction of sp³-hybridized carbons (Fsp3) is 0.296. The number of carbonyl (C=O) groups is 1. The molecule has 202 valence electrons. The van der Waals surface area contributed by atoms with Crippen molar-refractivity contribution in [3.05, 3.63) is 71.8 Å². The molecule has 1 aliphatic heterocycles. The fourth-order valence-corrected chi connectivity index (χ4v) is 4.85. The second-order valence-corrected chi connectivity index (χ2v) is 10.0. The van der Waals surface area contributed by atoms with Crippen molar-refractivity contribution in [2.24, 2.45) is 0 Å². The molecule has 0 spiro atoms. The zero-order chi connectivity index (χ0) is 27.4. The van der Waals surface area contributed by atoms with E-state index in [0.717, 1.165) is 11.8 Å². The van der Waals surface area contributed by atoms with E-state index in [9.17, 15) is 13.2 Å². The lowest BCUT2D eigenvalue weighted by atomic mass is 9.89. The lowest BCUT2D eigenvalue weighted by molar-refractivity contribution is -0.134. The van der Waals surface area contributed by atoms with E-state index >= 15 is 0 Å². The number of benzene rings is 3. The molecular weight excluding hydrogens is 514 g/mol. The summed E-state index contributed by atoms with van der Waals surface area (Å²) < 4.78 is 57.0. The van der Waals surface area contributed by atoms with Crippen LogP contribution in [-0.2, 0) is 25.7 Å². The number of rotatable bonds is 11. The molecule has 3 aromatic carbocycles.